The fraction of sp³-hybridized carbons (Fsp3) is 0. The maximum absolute atomic E-state index is 7.50. The molecule has 9 heavy (non-hydrogen) atoms. The standard InChI is InChI=1S/4CO.K.H/c4*1-2;;/q;;;;+1;-1. The van der Waals surface area contributed by atoms with Crippen LogP contribution in [0.3, 0.4) is 0 Å². The van der Waals surface area contributed by atoms with Gasteiger partial charge in [0, 0.05) is 0 Å². The fourth-order valence-electron chi connectivity index (χ4n) is 0. The van der Waals surface area contributed by atoms with Crippen LogP contribution in [-0.4, -0.2) is 27.2 Å². The van der Waals surface area contributed by atoms with Gasteiger partial charge in [-0.25, -0.2) is 0 Å². The van der Waals surface area contributed by atoms with Crippen molar-refractivity contribution in [3.8, 4) is 0 Å². The van der Waals surface area contributed by atoms with Gasteiger partial charge in [-0.1, -0.05) is 0 Å². The van der Waals surface area contributed by atoms with E-state index in [9.17, 15) is 0 Å². The van der Waals surface area contributed by atoms with Gasteiger partial charge in [0.25, 0.3) is 27.2 Å². The predicted octanol–water partition coefficient (Wildman–Crippen LogP) is -4.47. The van der Waals surface area contributed by atoms with Crippen LogP contribution in [0.25, 0.3) is 0 Å². The summed E-state index contributed by atoms with van der Waals surface area (Å²) in [5, 5.41) is 0. The van der Waals surface area contributed by atoms with Gasteiger partial charge >= 0.3 is 51.4 Å². The number of carbonyl (C=O) groups excluding carboxylic acids is 4. The minimum Gasteiger partial charge on any atom is -1.00 e. The van der Waals surface area contributed by atoms with Crippen LogP contribution in [0.2, 0.25) is 0 Å². The third kappa shape index (κ3) is 3320. The molecule has 4 nitrogen and oxygen atoms in total. The van der Waals surface area contributed by atoms with Crippen molar-refractivity contribution in [2.75, 3.05) is 0 Å². The summed E-state index contributed by atoms with van der Waals surface area (Å²) in [6.45, 7) is 18.0. The first-order valence-corrected chi connectivity index (χ1v) is 0.816. The van der Waals surface area contributed by atoms with E-state index < -0.39 is 0 Å². The molecule has 0 atom stereocenters. The zero-order valence-corrected chi connectivity index (χ0v) is 7.76. The van der Waals surface area contributed by atoms with Crippen molar-refractivity contribution in [1.29, 1.82) is 0 Å². The van der Waals surface area contributed by atoms with E-state index in [1.807, 2.05) is 0 Å². The topological polar surface area (TPSA) is 68.3 Å². The second kappa shape index (κ2) is 4450. The molecule has 0 aromatic heterocycles. The summed E-state index contributed by atoms with van der Waals surface area (Å²) in [6, 6.07) is 0. The SMILES string of the molecule is [C]=O.[C]=O.[C]=O.[C]=O.[H-].[K+]. The second-order valence-electron chi connectivity index (χ2n) is 0. The molecule has 0 rings (SSSR count). The molecule has 0 unspecified atom stereocenters. The Balaban J connectivity index is -0.00000000500. The van der Waals surface area contributed by atoms with Crippen LogP contribution in [0.1, 0.15) is 1.43 Å². The van der Waals surface area contributed by atoms with Crippen molar-refractivity contribution in [1.82, 2.24) is 0 Å². The van der Waals surface area contributed by atoms with Crippen molar-refractivity contribution < 1.29 is 72.0 Å². The predicted molar refractivity (Wildman–Crippen MR) is 23.9 cm³/mol. The molecule has 0 saturated carbocycles. The van der Waals surface area contributed by atoms with Crippen LogP contribution in [0, 0.1) is 0 Å². The Morgan fingerprint density at radius 1 is 0.556 bits per heavy atom. The van der Waals surface area contributed by atoms with Gasteiger partial charge in [0.1, 0.15) is 0 Å². The van der Waals surface area contributed by atoms with E-state index in [4.69, 9.17) is 19.2 Å². The van der Waals surface area contributed by atoms with Gasteiger partial charge < -0.3 is 1.43 Å². The molecule has 0 aromatic rings. The van der Waals surface area contributed by atoms with E-state index in [-0.39, 0.29) is 52.8 Å². The van der Waals surface area contributed by atoms with Crippen molar-refractivity contribution >= 4 is 27.2 Å². The third-order valence-electron chi connectivity index (χ3n) is 0. The van der Waals surface area contributed by atoms with Gasteiger partial charge in [-0.15, -0.1) is 0 Å². The smallest absolute Gasteiger partial charge is 1.00 e. The van der Waals surface area contributed by atoms with Gasteiger partial charge in [0.15, 0.2) is 0 Å². The Morgan fingerprint density at radius 2 is 0.556 bits per heavy atom. The normalized spacial score (nSPS) is 1.78. The number of hydrogen-bond acceptors (Lipinski definition) is 4. The Kier molecular flexibility index (Phi) is 17100. The van der Waals surface area contributed by atoms with Crippen LogP contribution in [0.4, 0.5) is 0 Å². The monoisotopic (exact) mass is 152 g/mol. The third-order valence-corrected chi connectivity index (χ3v) is 0. The summed E-state index contributed by atoms with van der Waals surface area (Å²) in [4.78, 5) is 30.0. The fourth-order valence-corrected chi connectivity index (χ4v) is 0. The molecular weight excluding hydrogens is 151 g/mol. The molecule has 0 aliphatic rings. The first kappa shape index (κ1) is 34.6. The summed E-state index contributed by atoms with van der Waals surface area (Å²) >= 11 is 0. The molecule has 0 aliphatic carbocycles. The van der Waals surface area contributed by atoms with Crippen LogP contribution in [0.5, 0.6) is 0 Å². The molecule has 0 aliphatic heterocycles. The van der Waals surface area contributed by atoms with Crippen LogP contribution in [0.15, 0.2) is 0 Å². The summed E-state index contributed by atoms with van der Waals surface area (Å²) in [7, 11) is 0. The molecule has 8 radical (unpaired) electrons. The first-order chi connectivity index (χ1) is 4.00. The Labute approximate surface area is 97.9 Å². The van der Waals surface area contributed by atoms with Crippen LogP contribution >= 0.6 is 0 Å². The Hall–Kier alpha value is 0.316. The zero-order chi connectivity index (χ0) is 8.00. The average Bonchev–Trinajstić information content (AvgIpc) is 2.03. The van der Waals surface area contributed by atoms with Gasteiger partial charge in [0.2, 0.25) is 0 Å². The van der Waals surface area contributed by atoms with Gasteiger partial charge in [-0.2, -0.15) is 0 Å². The molecule has 0 saturated heterocycles. The molecule has 0 amide bonds. The molecule has 0 spiro atoms. The van der Waals surface area contributed by atoms with Crippen LogP contribution < -0.4 is 51.4 Å². The second-order valence-corrected chi connectivity index (χ2v) is 0. The van der Waals surface area contributed by atoms with Crippen LogP contribution in [-0.2, 0) is 19.2 Å². The molecule has 0 N–H and O–H groups in total. The van der Waals surface area contributed by atoms with Crippen molar-refractivity contribution in [3.63, 3.8) is 0 Å². The quantitative estimate of drug-likeness (QED) is 0.328. The summed E-state index contributed by atoms with van der Waals surface area (Å²) in [6.07, 6.45) is 0. The minimum absolute atomic E-state index is 0. The van der Waals surface area contributed by atoms with E-state index in [1.54, 1.807) is 0 Å². The molecule has 0 fully saturated rings. The van der Waals surface area contributed by atoms with Gasteiger partial charge in [0.05, 0.1) is 0 Å². The van der Waals surface area contributed by atoms with E-state index in [0.717, 1.165) is 0 Å². The zero-order valence-electron chi connectivity index (χ0n) is 5.63. The summed E-state index contributed by atoms with van der Waals surface area (Å²) < 4.78 is 0. The Bertz CT molecular complexity index is 25.2. The molecule has 0 bridgehead atoms. The summed E-state index contributed by atoms with van der Waals surface area (Å²) in [5.74, 6) is 0. The molecule has 0 heterocycles. The molecule has 0 aromatic carbocycles. The van der Waals surface area contributed by atoms with E-state index >= 15 is 0 Å². The minimum atomic E-state index is 0. The van der Waals surface area contributed by atoms with Gasteiger partial charge in [-0.05, 0) is 0 Å². The van der Waals surface area contributed by atoms with E-state index in [1.165, 1.54) is 0 Å². The molecule has 42 valence electrons. The maximum atomic E-state index is 7.50. The van der Waals surface area contributed by atoms with E-state index in [0.29, 0.717) is 0 Å². The van der Waals surface area contributed by atoms with Crippen molar-refractivity contribution in [2.45, 2.75) is 0 Å². The van der Waals surface area contributed by atoms with Crippen molar-refractivity contribution in [3.05, 3.63) is 0 Å². The van der Waals surface area contributed by atoms with Crippen molar-refractivity contribution in [2.24, 2.45) is 0 Å². The average molecular weight is 152 g/mol. The first-order valence-electron chi connectivity index (χ1n) is 0.816. The largest absolute Gasteiger partial charge is 1.00 e. The molecule has 5 heteroatoms. The maximum Gasteiger partial charge on any atom is 1.00 e. The Morgan fingerprint density at radius 3 is 0.556 bits per heavy atom. The molecular formula is C4HKO4. The summed E-state index contributed by atoms with van der Waals surface area (Å²) in [5.41, 5.74) is 0. The van der Waals surface area contributed by atoms with Gasteiger partial charge in [-0.3, -0.25) is 19.2 Å². The number of hydrogen-bond donors (Lipinski definition) is 0. The van der Waals surface area contributed by atoms with E-state index in [2.05, 4.69) is 27.2 Å². The number of rotatable bonds is 0.